The minimum Gasteiger partial charge on any atom is -0.391 e. The molecule has 0 saturated carbocycles. The molecular formula is C21H23ClFN4OS+. The number of nitrogens with zero attached hydrogens (tertiary/aromatic N) is 3. The molecule has 0 aliphatic carbocycles. The summed E-state index contributed by atoms with van der Waals surface area (Å²) in [6.45, 7) is 0.325. The number of amidine groups is 1. The van der Waals surface area contributed by atoms with E-state index in [0.717, 1.165) is 35.3 Å². The maximum atomic E-state index is 14.9. The second-order valence-corrected chi connectivity index (χ2v) is 8.84. The van der Waals surface area contributed by atoms with Gasteiger partial charge in [-0.05, 0) is 42.5 Å². The average molecular weight is 434 g/mol. The molecule has 1 fully saturated rings. The Kier molecular flexibility index (Phi) is 5.96. The molecule has 0 spiro atoms. The molecule has 5 nitrogen and oxygen atoms in total. The molecule has 1 aliphatic rings. The number of nitrogens with two attached hydrogens (primary N) is 1. The van der Waals surface area contributed by atoms with E-state index in [1.165, 1.54) is 6.07 Å². The summed E-state index contributed by atoms with van der Waals surface area (Å²) in [6.07, 6.45) is 7.86. The van der Waals surface area contributed by atoms with Gasteiger partial charge in [0.2, 0.25) is 0 Å². The second-order valence-electron chi connectivity index (χ2n) is 7.21. The fourth-order valence-corrected chi connectivity index (χ4v) is 4.73. The van der Waals surface area contributed by atoms with Crippen LogP contribution in [0.25, 0.3) is 10.9 Å². The van der Waals surface area contributed by atoms with Crippen molar-refractivity contribution in [3.8, 4) is 0 Å². The van der Waals surface area contributed by atoms with E-state index in [1.807, 2.05) is 58.7 Å². The molecular weight excluding hydrogens is 411 g/mol. The topological polar surface area (TPSA) is 56.4 Å². The molecule has 3 aromatic rings. The molecule has 3 heterocycles. The highest BCUT2D eigenvalue weighted by Gasteiger charge is 2.17. The second kappa shape index (κ2) is 8.63. The summed E-state index contributed by atoms with van der Waals surface area (Å²) >= 11 is 8.32. The number of halogens is 2. The molecule has 1 aliphatic heterocycles. The lowest BCUT2D eigenvalue weighted by Crippen LogP contribution is -2.26. The van der Waals surface area contributed by atoms with Crippen LogP contribution < -0.4 is 10.3 Å². The van der Waals surface area contributed by atoms with Gasteiger partial charge in [0.05, 0.1) is 6.54 Å². The molecule has 0 bridgehead atoms. The van der Waals surface area contributed by atoms with Gasteiger partial charge in [-0.15, -0.1) is 0 Å². The zero-order valence-electron chi connectivity index (χ0n) is 16.1. The van der Waals surface area contributed by atoms with Crippen molar-refractivity contribution < 1.29 is 13.8 Å². The summed E-state index contributed by atoms with van der Waals surface area (Å²) in [7, 11) is 1.95. The minimum atomic E-state index is -0.415. The van der Waals surface area contributed by atoms with Gasteiger partial charge in [0.15, 0.2) is 18.2 Å². The van der Waals surface area contributed by atoms with Crippen molar-refractivity contribution in [1.82, 2.24) is 4.57 Å². The molecule has 0 atom stereocenters. The highest BCUT2D eigenvalue weighted by atomic mass is 35.5. The molecule has 1 aromatic carbocycles. The van der Waals surface area contributed by atoms with Gasteiger partial charge in [-0.1, -0.05) is 16.8 Å². The third-order valence-electron chi connectivity index (χ3n) is 5.09. The molecule has 1 saturated heterocycles. The summed E-state index contributed by atoms with van der Waals surface area (Å²) < 4.78 is 18.8. The molecule has 29 heavy (non-hydrogen) atoms. The van der Waals surface area contributed by atoms with Gasteiger partial charge in [-0.25, -0.2) is 8.96 Å². The lowest BCUT2D eigenvalue weighted by atomic mass is 10.1. The summed E-state index contributed by atoms with van der Waals surface area (Å²) in [5.41, 5.74) is 7.86. The largest absolute Gasteiger partial charge is 0.391 e. The van der Waals surface area contributed by atoms with E-state index in [4.69, 9.17) is 22.2 Å². The van der Waals surface area contributed by atoms with E-state index in [9.17, 15) is 4.39 Å². The van der Waals surface area contributed by atoms with E-state index in [0.29, 0.717) is 22.7 Å². The number of aryl methyl sites for hydroxylation is 1. The van der Waals surface area contributed by atoms with E-state index in [2.05, 4.69) is 5.16 Å². The Hall–Kier alpha value is -2.25. The van der Waals surface area contributed by atoms with Crippen LogP contribution >= 0.6 is 23.4 Å². The Morgan fingerprint density at radius 1 is 1.38 bits per heavy atom. The summed E-state index contributed by atoms with van der Waals surface area (Å²) in [5, 5.41) is 5.41. The summed E-state index contributed by atoms with van der Waals surface area (Å²) in [4.78, 5) is 5.53. The quantitative estimate of drug-likeness (QED) is 0.288. The standard InChI is InChI=1S/C21H23ClFN4OS/c1-26-6-2-14-3-7-27(20(14)13-26)12-17-18(22)10-15(11-19(17)23)21(24)25-28-16-4-8-29-9-5-16/h2-3,6-7,10-11,13,16H,4-5,8-9,12H2,1H3,(H2,24,25)/q+1. The molecule has 8 heteroatoms. The van der Waals surface area contributed by atoms with Crippen molar-refractivity contribution in [3.63, 3.8) is 0 Å². The first-order valence-electron chi connectivity index (χ1n) is 9.50. The smallest absolute Gasteiger partial charge is 0.193 e. The molecule has 152 valence electrons. The number of fused-ring (bicyclic) bond motifs is 1. The van der Waals surface area contributed by atoms with Crippen LogP contribution in [0.2, 0.25) is 5.02 Å². The molecule has 0 radical (unpaired) electrons. The lowest BCUT2D eigenvalue weighted by molar-refractivity contribution is -0.670. The monoisotopic (exact) mass is 433 g/mol. The van der Waals surface area contributed by atoms with Crippen molar-refractivity contribution in [3.05, 3.63) is 64.8 Å². The van der Waals surface area contributed by atoms with E-state index in [-0.39, 0.29) is 11.9 Å². The predicted molar refractivity (Wildman–Crippen MR) is 116 cm³/mol. The Morgan fingerprint density at radius 2 is 2.17 bits per heavy atom. The van der Waals surface area contributed by atoms with Gasteiger partial charge < -0.3 is 15.1 Å². The first-order valence-corrected chi connectivity index (χ1v) is 11.0. The number of thioether (sulfide) groups is 1. The zero-order chi connectivity index (χ0) is 20.4. The molecule has 2 aromatic heterocycles. The van der Waals surface area contributed by atoms with Crippen LogP contribution in [0.3, 0.4) is 0 Å². The highest BCUT2D eigenvalue weighted by Crippen LogP contribution is 2.25. The third kappa shape index (κ3) is 4.51. The van der Waals surface area contributed by atoms with E-state index < -0.39 is 5.82 Å². The van der Waals surface area contributed by atoms with Gasteiger partial charge in [0, 0.05) is 33.8 Å². The Bertz CT molecular complexity index is 1040. The summed E-state index contributed by atoms with van der Waals surface area (Å²) in [6, 6.07) is 7.03. The fourth-order valence-electron chi connectivity index (χ4n) is 3.40. The maximum absolute atomic E-state index is 14.9. The number of benzene rings is 1. The van der Waals surface area contributed by atoms with Gasteiger partial charge in [-0.2, -0.15) is 11.8 Å². The van der Waals surface area contributed by atoms with E-state index >= 15 is 0 Å². The number of rotatable bonds is 5. The first kappa shape index (κ1) is 20.0. The zero-order valence-corrected chi connectivity index (χ0v) is 17.7. The van der Waals surface area contributed by atoms with Crippen molar-refractivity contribution in [1.29, 1.82) is 0 Å². The van der Waals surface area contributed by atoms with Crippen molar-refractivity contribution in [2.75, 3.05) is 11.5 Å². The highest BCUT2D eigenvalue weighted by molar-refractivity contribution is 7.99. The van der Waals surface area contributed by atoms with Gasteiger partial charge in [0.25, 0.3) is 0 Å². The number of hydrogen-bond acceptors (Lipinski definition) is 3. The molecule has 2 N–H and O–H groups in total. The van der Waals surface area contributed by atoms with Gasteiger partial charge in [0.1, 0.15) is 24.5 Å². The lowest BCUT2D eigenvalue weighted by Gasteiger charge is -2.19. The van der Waals surface area contributed by atoms with Crippen LogP contribution in [0.4, 0.5) is 4.39 Å². The van der Waals surface area contributed by atoms with Crippen LogP contribution in [-0.4, -0.2) is 28.0 Å². The normalized spacial score (nSPS) is 15.8. The number of pyridine rings is 1. The maximum Gasteiger partial charge on any atom is 0.193 e. The summed E-state index contributed by atoms with van der Waals surface area (Å²) in [5.74, 6) is 1.83. The first-order chi connectivity index (χ1) is 14.0. The van der Waals surface area contributed by atoms with Gasteiger partial charge in [-0.3, -0.25) is 0 Å². The Labute approximate surface area is 178 Å². The van der Waals surface area contributed by atoms with Crippen LogP contribution in [0.15, 0.2) is 48.0 Å². The van der Waals surface area contributed by atoms with Crippen molar-refractivity contribution >= 4 is 40.1 Å². The Morgan fingerprint density at radius 3 is 2.93 bits per heavy atom. The van der Waals surface area contributed by atoms with Gasteiger partial charge >= 0.3 is 0 Å². The van der Waals surface area contributed by atoms with Crippen LogP contribution in [0, 0.1) is 5.82 Å². The number of aromatic nitrogens is 2. The molecule has 0 unspecified atom stereocenters. The average Bonchev–Trinajstić information content (AvgIpc) is 3.11. The van der Waals surface area contributed by atoms with Crippen LogP contribution in [-0.2, 0) is 18.4 Å². The van der Waals surface area contributed by atoms with Crippen LogP contribution in [0.1, 0.15) is 24.0 Å². The van der Waals surface area contributed by atoms with Crippen LogP contribution in [0.5, 0.6) is 0 Å². The van der Waals surface area contributed by atoms with E-state index in [1.54, 1.807) is 6.07 Å². The third-order valence-corrected chi connectivity index (χ3v) is 6.47. The Balaban J connectivity index is 1.55. The number of hydrogen-bond donors (Lipinski definition) is 1. The number of oxime groups is 1. The molecule has 0 amide bonds. The SMILES string of the molecule is C[n+]1ccc2ccn(Cc3c(F)cc(C(N)=NOC4CCSCC4)cc3Cl)c2c1. The van der Waals surface area contributed by atoms with Crippen molar-refractivity contribution in [2.45, 2.75) is 25.5 Å². The molecule has 4 rings (SSSR count). The predicted octanol–water partition coefficient (Wildman–Crippen LogP) is 3.84. The van der Waals surface area contributed by atoms with Crippen molar-refractivity contribution in [2.24, 2.45) is 17.9 Å². The minimum absolute atomic E-state index is 0.0674. The fraction of sp³-hybridized carbons (Fsp3) is 0.333.